The van der Waals surface area contributed by atoms with E-state index in [-0.39, 0.29) is 39.0 Å². The van der Waals surface area contributed by atoms with Crippen molar-refractivity contribution >= 4 is 10.1 Å². The number of alkyl halides is 3. The second kappa shape index (κ2) is 4.75. The largest absolute Gasteiger partial charge is 0.522 e. The van der Waals surface area contributed by atoms with Crippen LogP contribution in [0, 0.1) is 0 Å². The molecule has 0 atom stereocenters. The second-order valence-electron chi connectivity index (χ2n) is 0.921. The van der Waals surface area contributed by atoms with Crippen LogP contribution in [-0.2, 0) is 49.1 Å². The predicted molar refractivity (Wildman–Crippen MR) is 17.6 cm³/mol. The van der Waals surface area contributed by atoms with Gasteiger partial charge in [0.2, 0.25) is 0 Å². The summed E-state index contributed by atoms with van der Waals surface area (Å²) in [6.45, 7) is 0. The predicted octanol–water partition coefficient (Wildman–Crippen LogP) is 0.389. The van der Waals surface area contributed by atoms with Crippen LogP contribution in [0.25, 0.3) is 0 Å². The van der Waals surface area contributed by atoms with Crippen LogP contribution in [-0.4, -0.2) is 18.5 Å². The van der Waals surface area contributed by atoms with Gasteiger partial charge in [-0.05, 0) is 0 Å². The SMILES string of the molecule is O=S(=O)(O)C(F)(F)F.[Zn].[Zn]. The van der Waals surface area contributed by atoms with E-state index >= 15 is 0 Å². The zero-order valence-corrected chi connectivity index (χ0v) is 11.5. The van der Waals surface area contributed by atoms with Crippen LogP contribution in [0.4, 0.5) is 13.2 Å². The van der Waals surface area contributed by atoms with Gasteiger partial charge in [-0.2, -0.15) is 21.6 Å². The topological polar surface area (TPSA) is 54.4 Å². The van der Waals surface area contributed by atoms with Gasteiger partial charge in [-0.15, -0.1) is 0 Å². The van der Waals surface area contributed by atoms with E-state index in [2.05, 4.69) is 0 Å². The Hall–Kier alpha value is 0.947. The average Bonchev–Trinajstić information content (AvgIpc) is 1.25. The molecule has 9 heteroatoms. The molecule has 3 nitrogen and oxygen atoms in total. The molecule has 0 amide bonds. The fourth-order valence-electron chi connectivity index (χ4n) is 0. The van der Waals surface area contributed by atoms with Crippen LogP contribution < -0.4 is 0 Å². The first-order valence-corrected chi connectivity index (χ1v) is 2.73. The van der Waals surface area contributed by atoms with Gasteiger partial charge in [0, 0.05) is 39.0 Å². The first-order valence-electron chi connectivity index (χ1n) is 1.29. The van der Waals surface area contributed by atoms with Crippen LogP contribution in [0.2, 0.25) is 0 Å². The van der Waals surface area contributed by atoms with Gasteiger partial charge >= 0.3 is 15.6 Å². The molecule has 0 aromatic rings. The van der Waals surface area contributed by atoms with Crippen molar-refractivity contribution in [3.63, 3.8) is 0 Å². The summed E-state index contributed by atoms with van der Waals surface area (Å²) in [5.74, 6) is 0. The van der Waals surface area contributed by atoms with E-state index in [4.69, 9.17) is 13.0 Å². The first kappa shape index (κ1) is 17.2. The molecule has 0 aliphatic carbocycles. The van der Waals surface area contributed by atoms with Crippen molar-refractivity contribution in [1.82, 2.24) is 0 Å². The zero-order valence-electron chi connectivity index (χ0n) is 4.72. The summed E-state index contributed by atoms with van der Waals surface area (Å²) in [6.07, 6.45) is 0. The van der Waals surface area contributed by atoms with Gasteiger partial charge < -0.3 is 0 Å². The normalized spacial score (nSPS) is 11.2. The monoisotopic (exact) mass is 278 g/mol. The van der Waals surface area contributed by atoms with Gasteiger partial charge in [0.1, 0.15) is 0 Å². The van der Waals surface area contributed by atoms with Gasteiger partial charge in [0.25, 0.3) is 0 Å². The third-order valence-electron chi connectivity index (χ3n) is 0.292. The Labute approximate surface area is 80.6 Å². The molecule has 0 aromatic carbocycles. The van der Waals surface area contributed by atoms with E-state index in [1.807, 2.05) is 0 Å². The molecule has 1 N–H and O–H groups in total. The van der Waals surface area contributed by atoms with Crippen molar-refractivity contribution in [2.75, 3.05) is 0 Å². The molecule has 0 aromatic heterocycles. The molecule has 0 aliphatic rings. The van der Waals surface area contributed by atoms with Gasteiger partial charge in [0.05, 0.1) is 0 Å². The van der Waals surface area contributed by atoms with Gasteiger partial charge in [-0.25, -0.2) is 0 Å². The molecule has 0 fully saturated rings. The Kier molecular flexibility index (Phi) is 8.15. The summed E-state index contributed by atoms with van der Waals surface area (Å²) in [5.41, 5.74) is -5.53. The maximum Gasteiger partial charge on any atom is 0.522 e. The van der Waals surface area contributed by atoms with E-state index in [9.17, 15) is 13.2 Å². The summed E-state index contributed by atoms with van der Waals surface area (Å²) in [4.78, 5) is 0. The van der Waals surface area contributed by atoms with Crippen molar-refractivity contribution in [3.8, 4) is 0 Å². The fourth-order valence-corrected chi connectivity index (χ4v) is 0. The molecule has 0 spiro atoms. The quantitative estimate of drug-likeness (QED) is 0.397. The van der Waals surface area contributed by atoms with Crippen LogP contribution in [0.3, 0.4) is 0 Å². The molecule has 10 heavy (non-hydrogen) atoms. The zero-order chi connectivity index (χ0) is 7.00. The molecule has 0 radical (unpaired) electrons. The summed E-state index contributed by atoms with van der Waals surface area (Å²) in [5, 5.41) is 0. The number of halogens is 3. The van der Waals surface area contributed by atoms with E-state index in [1.165, 1.54) is 0 Å². The molecule has 0 unspecified atom stereocenters. The molecule has 0 bridgehead atoms. The smallest absolute Gasteiger partial charge is 0.279 e. The molecule has 0 rings (SSSR count). The van der Waals surface area contributed by atoms with E-state index in [1.54, 1.807) is 0 Å². The maximum absolute atomic E-state index is 10.7. The van der Waals surface area contributed by atoms with E-state index in [0.29, 0.717) is 0 Å². The summed E-state index contributed by atoms with van der Waals surface area (Å²) in [7, 11) is -5.84. The average molecular weight is 281 g/mol. The molecule has 0 saturated heterocycles. The molecule has 0 saturated carbocycles. The van der Waals surface area contributed by atoms with E-state index < -0.39 is 15.6 Å². The Morgan fingerprint density at radius 1 is 1.10 bits per heavy atom. The van der Waals surface area contributed by atoms with Crippen molar-refractivity contribution < 1.29 is 65.1 Å². The summed E-state index contributed by atoms with van der Waals surface area (Å²) < 4.78 is 57.5. The van der Waals surface area contributed by atoms with Gasteiger partial charge in [0.15, 0.2) is 0 Å². The molecular formula is CHF3O3SZn2. The van der Waals surface area contributed by atoms with Crippen molar-refractivity contribution in [2.45, 2.75) is 5.51 Å². The summed E-state index contributed by atoms with van der Waals surface area (Å²) in [6, 6.07) is 0. The van der Waals surface area contributed by atoms with Crippen LogP contribution in [0.1, 0.15) is 0 Å². The third kappa shape index (κ3) is 5.71. The number of hydrogen-bond donors (Lipinski definition) is 1. The molecule has 0 aliphatic heterocycles. The second-order valence-corrected chi connectivity index (χ2v) is 2.33. The van der Waals surface area contributed by atoms with Gasteiger partial charge in [-0.1, -0.05) is 0 Å². The Balaban J connectivity index is -0.000000245. The minimum atomic E-state index is -5.84. The molecule has 54 valence electrons. The Morgan fingerprint density at radius 3 is 1.20 bits per heavy atom. The van der Waals surface area contributed by atoms with Crippen molar-refractivity contribution in [1.29, 1.82) is 0 Å². The number of hydrogen-bond acceptors (Lipinski definition) is 2. The van der Waals surface area contributed by atoms with Crippen LogP contribution >= 0.6 is 0 Å². The third-order valence-corrected chi connectivity index (χ3v) is 0.877. The molecular weight excluding hydrogens is 280 g/mol. The van der Waals surface area contributed by atoms with Crippen molar-refractivity contribution in [3.05, 3.63) is 0 Å². The fraction of sp³-hybridized carbons (Fsp3) is 1.00. The number of rotatable bonds is 0. The minimum Gasteiger partial charge on any atom is -0.279 e. The summed E-state index contributed by atoms with van der Waals surface area (Å²) >= 11 is 0. The first-order chi connectivity index (χ1) is 3.25. The molecule has 0 heterocycles. The standard InChI is InChI=1S/CHF3O3S.2Zn/c2-1(3,4)8(5,6)7;;/h(H,5,6,7);;. The van der Waals surface area contributed by atoms with Crippen LogP contribution in [0.5, 0.6) is 0 Å². The maximum atomic E-state index is 10.7. The van der Waals surface area contributed by atoms with Crippen molar-refractivity contribution in [2.24, 2.45) is 0 Å². The minimum absolute atomic E-state index is 0. The van der Waals surface area contributed by atoms with Crippen LogP contribution in [0.15, 0.2) is 0 Å². The Morgan fingerprint density at radius 2 is 1.20 bits per heavy atom. The van der Waals surface area contributed by atoms with E-state index in [0.717, 1.165) is 0 Å². The Bertz CT molecular complexity index is 171. The van der Waals surface area contributed by atoms with Gasteiger partial charge in [-0.3, -0.25) is 4.55 Å².